The van der Waals surface area contributed by atoms with Gasteiger partial charge in [-0.15, -0.1) is 0 Å². The Balaban J connectivity index is 1.55. The molecule has 1 aromatic carbocycles. The molecule has 1 aromatic heterocycles. The number of nitrogens with zero attached hydrogens (tertiary/aromatic N) is 3. The number of guanidine groups is 1. The van der Waals surface area contributed by atoms with Gasteiger partial charge in [-0.2, -0.15) is 0 Å². The Bertz CT molecular complexity index is 744. The molecule has 1 atom stereocenters. The maximum Gasteiger partial charge on any atom is 0.191 e. The Labute approximate surface area is 168 Å². The van der Waals surface area contributed by atoms with Crippen LogP contribution in [0.5, 0.6) is 5.75 Å². The molecule has 0 amide bonds. The maximum atomic E-state index is 5.67. The fourth-order valence-corrected chi connectivity index (χ4v) is 3.33. The Hall–Kier alpha value is -2.76. The second kappa shape index (κ2) is 10.5. The molecule has 2 heterocycles. The van der Waals surface area contributed by atoms with Gasteiger partial charge < -0.3 is 20.3 Å². The molecule has 2 aromatic rings. The molecule has 1 aliphatic rings. The van der Waals surface area contributed by atoms with Crippen molar-refractivity contribution in [2.75, 3.05) is 37.7 Å². The molecule has 0 spiro atoms. The van der Waals surface area contributed by atoms with Crippen LogP contribution in [0.4, 0.5) is 5.69 Å². The first-order valence-electron chi connectivity index (χ1n) is 10.2. The summed E-state index contributed by atoms with van der Waals surface area (Å²) in [4.78, 5) is 11.1. The van der Waals surface area contributed by atoms with E-state index in [4.69, 9.17) is 4.74 Å². The molecule has 1 fully saturated rings. The number of anilines is 1. The number of nitrogens with one attached hydrogen (secondary N) is 2. The van der Waals surface area contributed by atoms with Gasteiger partial charge in [0.05, 0.1) is 18.8 Å². The molecule has 6 heteroatoms. The SMILES string of the molecule is CCNC(=NCCOc1cccnc1)NC(C)c1cccc(N2CCCC2)c1. The zero-order chi connectivity index (χ0) is 19.6. The van der Waals surface area contributed by atoms with E-state index in [1.807, 2.05) is 12.1 Å². The zero-order valence-electron chi connectivity index (χ0n) is 16.9. The third kappa shape index (κ3) is 5.87. The third-order valence-corrected chi connectivity index (χ3v) is 4.80. The minimum Gasteiger partial charge on any atom is -0.490 e. The highest BCUT2D eigenvalue weighted by molar-refractivity contribution is 5.80. The van der Waals surface area contributed by atoms with Crippen molar-refractivity contribution in [1.82, 2.24) is 15.6 Å². The Morgan fingerprint density at radius 3 is 2.86 bits per heavy atom. The van der Waals surface area contributed by atoms with Crippen LogP contribution in [-0.4, -0.2) is 43.7 Å². The van der Waals surface area contributed by atoms with Crippen molar-refractivity contribution in [2.24, 2.45) is 4.99 Å². The van der Waals surface area contributed by atoms with E-state index in [1.165, 1.54) is 24.1 Å². The number of rotatable bonds is 8. The number of aliphatic imine (C=N–C) groups is 1. The van der Waals surface area contributed by atoms with Crippen LogP contribution in [0.15, 0.2) is 53.8 Å². The van der Waals surface area contributed by atoms with Gasteiger partial charge in [0.15, 0.2) is 5.96 Å². The standard InChI is InChI=1S/C22H31N5O/c1-3-24-22(25-12-15-28-21-10-7-11-23-17-21)26-18(2)19-8-6-9-20(16-19)27-13-4-5-14-27/h6-11,16-18H,3-5,12-15H2,1-2H3,(H2,24,25,26). The second-order valence-electron chi connectivity index (χ2n) is 6.95. The van der Waals surface area contributed by atoms with Crippen molar-refractivity contribution >= 4 is 11.6 Å². The van der Waals surface area contributed by atoms with Gasteiger partial charge >= 0.3 is 0 Å². The average Bonchev–Trinajstić information content (AvgIpc) is 3.27. The van der Waals surface area contributed by atoms with Gasteiger partial charge in [-0.25, -0.2) is 4.99 Å². The van der Waals surface area contributed by atoms with E-state index in [-0.39, 0.29) is 6.04 Å². The summed E-state index contributed by atoms with van der Waals surface area (Å²) in [6, 6.07) is 12.7. The molecular formula is C22H31N5O. The smallest absolute Gasteiger partial charge is 0.191 e. The lowest BCUT2D eigenvalue weighted by Gasteiger charge is -2.22. The number of benzene rings is 1. The van der Waals surface area contributed by atoms with E-state index < -0.39 is 0 Å². The van der Waals surface area contributed by atoms with E-state index in [0.29, 0.717) is 13.2 Å². The third-order valence-electron chi connectivity index (χ3n) is 4.80. The average molecular weight is 382 g/mol. The van der Waals surface area contributed by atoms with E-state index in [0.717, 1.165) is 31.3 Å². The van der Waals surface area contributed by atoms with Crippen molar-refractivity contribution in [3.63, 3.8) is 0 Å². The summed E-state index contributed by atoms with van der Waals surface area (Å²) >= 11 is 0. The second-order valence-corrected chi connectivity index (χ2v) is 6.95. The van der Waals surface area contributed by atoms with Crippen LogP contribution < -0.4 is 20.3 Å². The Kier molecular flexibility index (Phi) is 7.53. The van der Waals surface area contributed by atoms with Crippen LogP contribution in [-0.2, 0) is 0 Å². The lowest BCUT2D eigenvalue weighted by molar-refractivity contribution is 0.327. The number of ether oxygens (including phenoxy) is 1. The Morgan fingerprint density at radius 1 is 1.25 bits per heavy atom. The quantitative estimate of drug-likeness (QED) is 0.417. The van der Waals surface area contributed by atoms with Gasteiger partial charge in [0.2, 0.25) is 0 Å². The fourth-order valence-electron chi connectivity index (χ4n) is 3.33. The Morgan fingerprint density at radius 2 is 2.11 bits per heavy atom. The minimum atomic E-state index is 0.166. The summed E-state index contributed by atoms with van der Waals surface area (Å²) < 4.78 is 5.67. The molecule has 0 bridgehead atoms. The monoisotopic (exact) mass is 381 g/mol. The van der Waals surface area contributed by atoms with E-state index in [2.05, 4.69) is 63.6 Å². The van der Waals surface area contributed by atoms with Crippen LogP contribution in [0.25, 0.3) is 0 Å². The van der Waals surface area contributed by atoms with Gasteiger partial charge in [0, 0.05) is 31.5 Å². The highest BCUT2D eigenvalue weighted by Gasteiger charge is 2.14. The van der Waals surface area contributed by atoms with E-state index in [9.17, 15) is 0 Å². The summed E-state index contributed by atoms with van der Waals surface area (Å²) in [6.07, 6.45) is 6.02. The first-order chi connectivity index (χ1) is 13.8. The molecule has 2 N–H and O–H groups in total. The van der Waals surface area contributed by atoms with Gasteiger partial charge in [-0.1, -0.05) is 12.1 Å². The number of hydrogen-bond donors (Lipinski definition) is 2. The molecule has 1 saturated heterocycles. The summed E-state index contributed by atoms with van der Waals surface area (Å²) in [5.74, 6) is 1.57. The van der Waals surface area contributed by atoms with Crippen LogP contribution in [0, 0.1) is 0 Å². The maximum absolute atomic E-state index is 5.67. The molecular weight excluding hydrogens is 350 g/mol. The van der Waals surface area contributed by atoms with Crippen LogP contribution in [0.2, 0.25) is 0 Å². The number of pyridine rings is 1. The molecule has 0 aliphatic carbocycles. The van der Waals surface area contributed by atoms with Crippen molar-refractivity contribution in [3.8, 4) is 5.75 Å². The topological polar surface area (TPSA) is 61.8 Å². The van der Waals surface area contributed by atoms with Crippen LogP contribution in [0.3, 0.4) is 0 Å². The van der Waals surface area contributed by atoms with Crippen molar-refractivity contribution < 1.29 is 4.74 Å². The highest BCUT2D eigenvalue weighted by Crippen LogP contribution is 2.23. The van der Waals surface area contributed by atoms with Crippen LogP contribution >= 0.6 is 0 Å². The van der Waals surface area contributed by atoms with Gasteiger partial charge in [-0.05, 0) is 56.5 Å². The predicted octanol–water partition coefficient (Wildman–Crippen LogP) is 3.38. The van der Waals surface area contributed by atoms with E-state index in [1.54, 1.807) is 12.4 Å². The molecule has 3 rings (SSSR count). The summed E-state index contributed by atoms with van der Waals surface area (Å²) in [6.45, 7) is 8.46. The van der Waals surface area contributed by atoms with Gasteiger partial charge in [0.25, 0.3) is 0 Å². The largest absolute Gasteiger partial charge is 0.490 e. The normalized spacial score (nSPS) is 15.4. The first-order valence-corrected chi connectivity index (χ1v) is 10.2. The fraction of sp³-hybridized carbons (Fsp3) is 0.455. The summed E-state index contributed by atoms with van der Waals surface area (Å²) in [5.41, 5.74) is 2.58. The number of hydrogen-bond acceptors (Lipinski definition) is 4. The molecule has 1 unspecified atom stereocenters. The van der Waals surface area contributed by atoms with Gasteiger partial charge in [-0.3, -0.25) is 4.98 Å². The molecule has 6 nitrogen and oxygen atoms in total. The molecule has 150 valence electrons. The zero-order valence-corrected chi connectivity index (χ0v) is 16.9. The highest BCUT2D eigenvalue weighted by atomic mass is 16.5. The molecule has 1 aliphatic heterocycles. The number of aromatic nitrogens is 1. The predicted molar refractivity (Wildman–Crippen MR) is 115 cm³/mol. The molecule has 0 radical (unpaired) electrons. The summed E-state index contributed by atoms with van der Waals surface area (Å²) in [7, 11) is 0. The molecule has 0 saturated carbocycles. The van der Waals surface area contributed by atoms with E-state index >= 15 is 0 Å². The lowest BCUT2D eigenvalue weighted by Crippen LogP contribution is -2.39. The van der Waals surface area contributed by atoms with Crippen molar-refractivity contribution in [1.29, 1.82) is 0 Å². The minimum absolute atomic E-state index is 0.166. The van der Waals surface area contributed by atoms with Crippen LogP contribution in [0.1, 0.15) is 38.3 Å². The molecule has 28 heavy (non-hydrogen) atoms. The first kappa shape index (κ1) is 20.0. The van der Waals surface area contributed by atoms with Gasteiger partial charge in [0.1, 0.15) is 12.4 Å². The van der Waals surface area contributed by atoms with Crippen molar-refractivity contribution in [3.05, 3.63) is 54.4 Å². The lowest BCUT2D eigenvalue weighted by atomic mass is 10.1. The van der Waals surface area contributed by atoms with Crippen molar-refractivity contribution in [2.45, 2.75) is 32.7 Å². The summed E-state index contributed by atoms with van der Waals surface area (Å²) in [5, 5.41) is 6.82.